The Morgan fingerprint density at radius 3 is 2.40 bits per heavy atom. The highest BCUT2D eigenvalue weighted by atomic mass is 127. The van der Waals surface area contributed by atoms with Gasteiger partial charge in [-0.3, -0.25) is 9.79 Å². The van der Waals surface area contributed by atoms with E-state index in [1.54, 1.807) is 0 Å². The van der Waals surface area contributed by atoms with Crippen LogP contribution in [0, 0.1) is 0 Å². The molecule has 0 saturated carbocycles. The maximum absolute atomic E-state index is 12.2. The third kappa shape index (κ3) is 8.27. The van der Waals surface area contributed by atoms with Crippen molar-refractivity contribution in [3.63, 3.8) is 0 Å². The summed E-state index contributed by atoms with van der Waals surface area (Å²) in [6, 6.07) is 7.80. The van der Waals surface area contributed by atoms with Crippen LogP contribution in [0.5, 0.6) is 0 Å². The number of aliphatic imine (C=N–C) groups is 1. The number of nitrogens with zero attached hydrogens (tertiary/aromatic N) is 3. The van der Waals surface area contributed by atoms with E-state index >= 15 is 0 Å². The van der Waals surface area contributed by atoms with Gasteiger partial charge in [0.1, 0.15) is 0 Å². The highest BCUT2D eigenvalue weighted by molar-refractivity contribution is 14.0. The molecule has 0 saturated heterocycles. The predicted molar refractivity (Wildman–Crippen MR) is 117 cm³/mol. The lowest BCUT2D eigenvalue weighted by atomic mass is 10.1. The molecule has 0 bridgehead atoms. The van der Waals surface area contributed by atoms with Crippen LogP contribution in [0.25, 0.3) is 0 Å². The number of halogens is 2. The molecule has 0 heterocycles. The van der Waals surface area contributed by atoms with Crippen LogP contribution in [-0.2, 0) is 11.2 Å². The first kappa shape index (κ1) is 24.0. The number of guanidine groups is 1. The highest BCUT2D eigenvalue weighted by Crippen LogP contribution is 2.15. The Bertz CT molecular complexity index is 550. The monoisotopic (exact) mass is 480 g/mol. The van der Waals surface area contributed by atoms with E-state index in [-0.39, 0.29) is 29.9 Å². The van der Waals surface area contributed by atoms with E-state index in [1.807, 2.05) is 61.9 Å². The Labute approximate surface area is 173 Å². The minimum Gasteiger partial charge on any atom is -0.357 e. The lowest BCUT2D eigenvalue weighted by molar-refractivity contribution is -0.131. The summed E-state index contributed by atoms with van der Waals surface area (Å²) in [5.41, 5.74) is 1.08. The van der Waals surface area contributed by atoms with Crippen LogP contribution in [0.1, 0.15) is 26.3 Å². The molecule has 1 amide bonds. The van der Waals surface area contributed by atoms with Gasteiger partial charge in [-0.1, -0.05) is 29.8 Å². The van der Waals surface area contributed by atoms with Gasteiger partial charge in [-0.2, -0.15) is 0 Å². The largest absolute Gasteiger partial charge is 0.357 e. The number of hydrogen-bond donors (Lipinski definition) is 1. The second-order valence-electron chi connectivity index (χ2n) is 5.50. The second-order valence-corrected chi connectivity index (χ2v) is 5.91. The molecule has 0 unspecified atom stereocenters. The van der Waals surface area contributed by atoms with Crippen molar-refractivity contribution in [1.29, 1.82) is 0 Å². The summed E-state index contributed by atoms with van der Waals surface area (Å²) in [5, 5.41) is 4.00. The average Bonchev–Trinajstić information content (AvgIpc) is 2.56. The number of nitrogens with one attached hydrogen (secondary N) is 1. The number of hydrogen-bond acceptors (Lipinski definition) is 2. The third-order valence-electron chi connectivity index (χ3n) is 3.79. The molecule has 0 fully saturated rings. The summed E-state index contributed by atoms with van der Waals surface area (Å²) in [6.07, 6.45) is 0.770. The van der Waals surface area contributed by atoms with Crippen LogP contribution < -0.4 is 5.32 Å². The maximum Gasteiger partial charge on any atom is 0.242 e. The van der Waals surface area contributed by atoms with Crippen LogP contribution in [0.4, 0.5) is 0 Å². The molecule has 0 spiro atoms. The first-order chi connectivity index (χ1) is 11.5. The number of likely N-dealkylation sites (N-methyl/N-ethyl adjacent to an activating group) is 2. The molecule has 1 N–H and O–H groups in total. The maximum atomic E-state index is 12.2. The quantitative estimate of drug-likeness (QED) is 0.353. The molecule has 0 radical (unpaired) electrons. The van der Waals surface area contributed by atoms with Crippen LogP contribution in [0.2, 0.25) is 5.02 Å². The van der Waals surface area contributed by atoms with E-state index in [4.69, 9.17) is 11.6 Å². The van der Waals surface area contributed by atoms with Crippen molar-refractivity contribution in [3.05, 3.63) is 34.9 Å². The lowest BCUT2D eigenvalue weighted by Crippen LogP contribution is -2.45. The van der Waals surface area contributed by atoms with Crippen LogP contribution in [0.15, 0.2) is 29.3 Å². The molecule has 0 aliphatic heterocycles. The van der Waals surface area contributed by atoms with E-state index in [0.717, 1.165) is 42.6 Å². The van der Waals surface area contributed by atoms with Gasteiger partial charge >= 0.3 is 0 Å². The molecule has 142 valence electrons. The van der Waals surface area contributed by atoms with E-state index in [0.29, 0.717) is 13.1 Å². The summed E-state index contributed by atoms with van der Waals surface area (Å²) in [7, 11) is 1.89. The van der Waals surface area contributed by atoms with Crippen molar-refractivity contribution < 1.29 is 4.79 Å². The van der Waals surface area contributed by atoms with Gasteiger partial charge in [0.05, 0.1) is 6.54 Å². The second kappa shape index (κ2) is 13.2. The topological polar surface area (TPSA) is 47.9 Å². The number of rotatable bonds is 8. The molecule has 5 nitrogen and oxygen atoms in total. The molecule has 0 aromatic heterocycles. The summed E-state index contributed by atoms with van der Waals surface area (Å²) in [5.74, 6) is 0.851. The molecule has 0 atom stereocenters. The van der Waals surface area contributed by atoms with E-state index in [9.17, 15) is 4.79 Å². The molecule has 25 heavy (non-hydrogen) atoms. The average molecular weight is 481 g/mol. The molecular formula is C18H30ClIN4O. The van der Waals surface area contributed by atoms with E-state index in [2.05, 4.69) is 10.3 Å². The third-order valence-corrected chi connectivity index (χ3v) is 4.15. The molecule has 1 aromatic carbocycles. The summed E-state index contributed by atoms with van der Waals surface area (Å²) < 4.78 is 0. The summed E-state index contributed by atoms with van der Waals surface area (Å²) in [4.78, 5) is 20.6. The zero-order valence-corrected chi connectivity index (χ0v) is 18.7. The van der Waals surface area contributed by atoms with Gasteiger partial charge in [-0.25, -0.2) is 0 Å². The molecule has 0 aliphatic rings. The molecule has 1 aromatic rings. The fourth-order valence-corrected chi connectivity index (χ4v) is 2.64. The number of amides is 1. The van der Waals surface area contributed by atoms with Gasteiger partial charge in [0, 0.05) is 38.2 Å². The van der Waals surface area contributed by atoms with Crippen molar-refractivity contribution in [3.8, 4) is 0 Å². The van der Waals surface area contributed by atoms with Crippen molar-refractivity contribution in [2.24, 2.45) is 4.99 Å². The van der Waals surface area contributed by atoms with Crippen molar-refractivity contribution in [2.45, 2.75) is 27.2 Å². The fraction of sp³-hybridized carbons (Fsp3) is 0.556. The van der Waals surface area contributed by atoms with Gasteiger partial charge in [-0.05, 0) is 38.8 Å². The predicted octanol–water partition coefficient (Wildman–Crippen LogP) is 3.27. The normalized spacial score (nSPS) is 10.8. The van der Waals surface area contributed by atoms with Gasteiger partial charge < -0.3 is 15.1 Å². The molecule has 1 rings (SSSR count). The first-order valence-electron chi connectivity index (χ1n) is 8.54. The molecule has 0 aliphatic carbocycles. The number of benzene rings is 1. The summed E-state index contributed by atoms with van der Waals surface area (Å²) >= 11 is 6.17. The van der Waals surface area contributed by atoms with Crippen LogP contribution in [0.3, 0.4) is 0 Å². The molecule has 7 heteroatoms. The Morgan fingerprint density at radius 1 is 1.20 bits per heavy atom. The van der Waals surface area contributed by atoms with Gasteiger partial charge in [0.2, 0.25) is 5.91 Å². The summed E-state index contributed by atoms with van der Waals surface area (Å²) in [6.45, 7) is 9.15. The lowest BCUT2D eigenvalue weighted by Gasteiger charge is -2.25. The van der Waals surface area contributed by atoms with Crippen molar-refractivity contribution >= 4 is 47.4 Å². The van der Waals surface area contributed by atoms with Crippen LogP contribution in [-0.4, -0.2) is 61.4 Å². The molecular weight excluding hydrogens is 451 g/mol. The Balaban J connectivity index is 0.00000576. The first-order valence-corrected chi connectivity index (χ1v) is 8.91. The fourth-order valence-electron chi connectivity index (χ4n) is 2.41. The minimum absolute atomic E-state index is 0. The standard InChI is InChI=1S/C18H29ClN4O.HI/c1-5-20-18(22(4)14-17(24)23(6-2)7-3)21-13-12-15-10-8-9-11-16(15)19;/h8-11H,5-7,12-14H2,1-4H3,(H,20,21);1H. The van der Waals surface area contributed by atoms with Gasteiger partial charge in [0.25, 0.3) is 0 Å². The number of carbonyl (C=O) groups is 1. The zero-order chi connectivity index (χ0) is 17.9. The number of carbonyl (C=O) groups excluding carboxylic acids is 1. The van der Waals surface area contributed by atoms with Crippen molar-refractivity contribution in [2.75, 3.05) is 39.8 Å². The van der Waals surface area contributed by atoms with Crippen LogP contribution >= 0.6 is 35.6 Å². The Hall–Kier alpha value is -1.02. The Kier molecular flexibility index (Phi) is 12.7. The van der Waals surface area contributed by atoms with E-state index < -0.39 is 0 Å². The SMILES string of the molecule is CCNC(=NCCc1ccccc1Cl)N(C)CC(=O)N(CC)CC.I. The Morgan fingerprint density at radius 2 is 1.84 bits per heavy atom. The highest BCUT2D eigenvalue weighted by Gasteiger charge is 2.14. The van der Waals surface area contributed by atoms with E-state index in [1.165, 1.54) is 0 Å². The zero-order valence-electron chi connectivity index (χ0n) is 15.6. The van der Waals surface area contributed by atoms with Gasteiger partial charge in [-0.15, -0.1) is 24.0 Å². The minimum atomic E-state index is 0. The van der Waals surface area contributed by atoms with Gasteiger partial charge in [0.15, 0.2) is 5.96 Å². The van der Waals surface area contributed by atoms with Crippen molar-refractivity contribution in [1.82, 2.24) is 15.1 Å². The smallest absolute Gasteiger partial charge is 0.242 e.